The standard InChI is InChI=1S/C16H26N2O3S/c1-10-11(2)22-15(20)18(10)9-13(19)17-8-12-6-7-21-14(12)16(3,4)5/h12,14H,6-9H2,1-5H3,(H,17,19)/t12-,14+/m0/s1. The van der Waals surface area contributed by atoms with E-state index < -0.39 is 0 Å². The van der Waals surface area contributed by atoms with Crippen molar-refractivity contribution in [1.82, 2.24) is 9.88 Å². The van der Waals surface area contributed by atoms with E-state index in [0.717, 1.165) is 23.6 Å². The van der Waals surface area contributed by atoms with Gasteiger partial charge in [0.05, 0.1) is 6.10 Å². The maximum Gasteiger partial charge on any atom is 0.308 e. The molecule has 0 radical (unpaired) electrons. The molecular formula is C16H26N2O3S. The molecule has 1 saturated heterocycles. The molecule has 0 aliphatic carbocycles. The number of nitrogens with one attached hydrogen (secondary N) is 1. The van der Waals surface area contributed by atoms with Gasteiger partial charge >= 0.3 is 4.87 Å². The Balaban J connectivity index is 1.92. The lowest BCUT2D eigenvalue weighted by Gasteiger charge is -2.31. The predicted molar refractivity (Wildman–Crippen MR) is 88.4 cm³/mol. The van der Waals surface area contributed by atoms with E-state index in [4.69, 9.17) is 4.74 Å². The van der Waals surface area contributed by atoms with Gasteiger partial charge in [-0.1, -0.05) is 32.1 Å². The quantitative estimate of drug-likeness (QED) is 0.922. The Morgan fingerprint density at radius 3 is 2.64 bits per heavy atom. The van der Waals surface area contributed by atoms with Gasteiger partial charge in [0, 0.05) is 29.6 Å². The molecule has 1 aliphatic heterocycles. The van der Waals surface area contributed by atoms with Crippen LogP contribution in [0.1, 0.15) is 37.8 Å². The number of carbonyl (C=O) groups is 1. The van der Waals surface area contributed by atoms with Crippen LogP contribution in [0.25, 0.3) is 0 Å². The molecule has 5 nitrogen and oxygen atoms in total. The molecule has 2 atom stereocenters. The van der Waals surface area contributed by atoms with E-state index in [1.165, 1.54) is 11.3 Å². The van der Waals surface area contributed by atoms with Gasteiger partial charge in [0.1, 0.15) is 6.54 Å². The molecular weight excluding hydrogens is 300 g/mol. The molecule has 0 unspecified atom stereocenters. The first kappa shape index (κ1) is 17.2. The molecule has 0 bridgehead atoms. The molecule has 22 heavy (non-hydrogen) atoms. The van der Waals surface area contributed by atoms with E-state index in [0.29, 0.717) is 12.5 Å². The zero-order chi connectivity index (χ0) is 16.5. The van der Waals surface area contributed by atoms with Crippen molar-refractivity contribution in [3.8, 4) is 0 Å². The van der Waals surface area contributed by atoms with Gasteiger partial charge in [-0.25, -0.2) is 0 Å². The van der Waals surface area contributed by atoms with Crippen LogP contribution in [0.15, 0.2) is 4.79 Å². The average molecular weight is 326 g/mol. The third-order valence-electron chi connectivity index (χ3n) is 4.31. The molecule has 1 aliphatic rings. The molecule has 124 valence electrons. The van der Waals surface area contributed by atoms with Crippen LogP contribution in [0.3, 0.4) is 0 Å². The number of aromatic nitrogens is 1. The van der Waals surface area contributed by atoms with Crippen molar-refractivity contribution in [2.75, 3.05) is 13.2 Å². The maximum absolute atomic E-state index is 12.1. The fraction of sp³-hybridized carbons (Fsp3) is 0.750. The minimum absolute atomic E-state index is 0.0677. The highest BCUT2D eigenvalue weighted by molar-refractivity contribution is 7.09. The number of ether oxygens (including phenoxy) is 1. The Hall–Kier alpha value is -1.14. The van der Waals surface area contributed by atoms with Crippen LogP contribution < -0.4 is 10.2 Å². The van der Waals surface area contributed by atoms with Crippen molar-refractivity contribution in [2.45, 2.75) is 53.7 Å². The fourth-order valence-electron chi connectivity index (χ4n) is 3.01. The van der Waals surface area contributed by atoms with E-state index in [1.807, 2.05) is 13.8 Å². The smallest absolute Gasteiger partial charge is 0.308 e. The number of hydrogen-bond acceptors (Lipinski definition) is 4. The number of aryl methyl sites for hydroxylation is 1. The van der Waals surface area contributed by atoms with Crippen LogP contribution in [0.4, 0.5) is 0 Å². The van der Waals surface area contributed by atoms with Crippen LogP contribution in [0.5, 0.6) is 0 Å². The number of thiazole rings is 1. The number of rotatable bonds is 4. The average Bonchev–Trinajstić information content (AvgIpc) is 2.97. The van der Waals surface area contributed by atoms with Gasteiger partial charge in [-0.15, -0.1) is 0 Å². The summed E-state index contributed by atoms with van der Waals surface area (Å²) in [7, 11) is 0. The van der Waals surface area contributed by atoms with Gasteiger partial charge in [-0.2, -0.15) is 0 Å². The predicted octanol–water partition coefficient (Wildman–Crippen LogP) is 2.09. The summed E-state index contributed by atoms with van der Waals surface area (Å²) in [6.07, 6.45) is 1.14. The van der Waals surface area contributed by atoms with Crippen molar-refractivity contribution in [2.24, 2.45) is 11.3 Å². The third-order valence-corrected chi connectivity index (χ3v) is 5.30. The Labute approximate surface area is 135 Å². The Morgan fingerprint density at radius 2 is 2.09 bits per heavy atom. The minimum atomic E-state index is -0.109. The summed E-state index contributed by atoms with van der Waals surface area (Å²) < 4.78 is 7.36. The number of hydrogen-bond donors (Lipinski definition) is 1. The van der Waals surface area contributed by atoms with Gasteiger partial charge in [0.2, 0.25) is 5.91 Å². The lowest BCUT2D eigenvalue weighted by molar-refractivity contribution is -0.122. The van der Waals surface area contributed by atoms with Gasteiger partial charge in [-0.3, -0.25) is 14.2 Å². The molecule has 0 saturated carbocycles. The number of amides is 1. The molecule has 1 amide bonds. The number of nitrogens with zero attached hydrogens (tertiary/aromatic N) is 1. The highest BCUT2D eigenvalue weighted by atomic mass is 32.1. The molecule has 2 heterocycles. The van der Waals surface area contributed by atoms with Crippen LogP contribution >= 0.6 is 11.3 Å². The molecule has 0 aromatic carbocycles. The largest absolute Gasteiger partial charge is 0.377 e. The molecule has 6 heteroatoms. The maximum atomic E-state index is 12.1. The van der Waals surface area contributed by atoms with E-state index >= 15 is 0 Å². The molecule has 1 aromatic heterocycles. The topological polar surface area (TPSA) is 60.3 Å². The Bertz CT molecular complexity index is 598. The summed E-state index contributed by atoms with van der Waals surface area (Å²) in [4.78, 5) is 24.9. The summed E-state index contributed by atoms with van der Waals surface area (Å²) in [5.41, 5.74) is 0.950. The van der Waals surface area contributed by atoms with E-state index in [2.05, 4.69) is 26.1 Å². The summed E-state index contributed by atoms with van der Waals surface area (Å²) in [5, 5.41) is 2.96. The van der Waals surface area contributed by atoms with Crippen LogP contribution in [-0.4, -0.2) is 29.7 Å². The first-order chi connectivity index (χ1) is 10.2. The molecule has 1 fully saturated rings. The van der Waals surface area contributed by atoms with Crippen LogP contribution in [-0.2, 0) is 16.1 Å². The third kappa shape index (κ3) is 3.79. The van der Waals surface area contributed by atoms with Gasteiger partial charge in [0.25, 0.3) is 0 Å². The summed E-state index contributed by atoms with van der Waals surface area (Å²) in [5.74, 6) is 0.230. The second kappa shape index (κ2) is 6.54. The van der Waals surface area contributed by atoms with Crippen molar-refractivity contribution < 1.29 is 9.53 Å². The normalized spacial score (nSPS) is 22.0. The van der Waals surface area contributed by atoms with E-state index in [9.17, 15) is 9.59 Å². The highest BCUT2D eigenvalue weighted by Crippen LogP contribution is 2.34. The number of carbonyl (C=O) groups excluding carboxylic acids is 1. The highest BCUT2D eigenvalue weighted by Gasteiger charge is 2.37. The lowest BCUT2D eigenvalue weighted by Crippen LogP contribution is -2.40. The molecule has 2 rings (SSSR count). The molecule has 1 aromatic rings. The Kier molecular flexibility index (Phi) is 5.12. The molecule has 0 spiro atoms. The van der Waals surface area contributed by atoms with Gasteiger partial charge < -0.3 is 10.1 Å². The minimum Gasteiger partial charge on any atom is -0.377 e. The Morgan fingerprint density at radius 1 is 1.41 bits per heavy atom. The monoisotopic (exact) mass is 326 g/mol. The van der Waals surface area contributed by atoms with E-state index in [1.54, 1.807) is 4.57 Å². The first-order valence-corrected chi connectivity index (χ1v) is 8.57. The summed E-state index contributed by atoms with van der Waals surface area (Å²) in [6.45, 7) is 11.7. The molecule has 1 N–H and O–H groups in total. The van der Waals surface area contributed by atoms with Gasteiger partial charge in [-0.05, 0) is 25.7 Å². The zero-order valence-corrected chi connectivity index (χ0v) is 14.9. The summed E-state index contributed by atoms with van der Waals surface area (Å²) in [6, 6.07) is 0. The van der Waals surface area contributed by atoms with Crippen molar-refractivity contribution in [3.05, 3.63) is 20.2 Å². The first-order valence-electron chi connectivity index (χ1n) is 7.75. The van der Waals surface area contributed by atoms with Crippen molar-refractivity contribution in [3.63, 3.8) is 0 Å². The fourth-order valence-corrected chi connectivity index (χ4v) is 3.85. The summed E-state index contributed by atoms with van der Waals surface area (Å²) >= 11 is 1.19. The lowest BCUT2D eigenvalue weighted by atomic mass is 9.81. The second-order valence-electron chi connectivity index (χ2n) is 7.11. The second-order valence-corrected chi connectivity index (χ2v) is 8.27. The van der Waals surface area contributed by atoms with Crippen LogP contribution in [0, 0.1) is 25.2 Å². The van der Waals surface area contributed by atoms with Crippen molar-refractivity contribution in [1.29, 1.82) is 0 Å². The van der Waals surface area contributed by atoms with Gasteiger partial charge in [0.15, 0.2) is 0 Å². The van der Waals surface area contributed by atoms with Crippen LogP contribution in [0.2, 0.25) is 0 Å². The SMILES string of the molecule is Cc1sc(=O)n(CC(=O)NC[C@@H]2CCO[C@H]2C(C)(C)C)c1C. The van der Waals surface area contributed by atoms with E-state index in [-0.39, 0.29) is 28.8 Å². The van der Waals surface area contributed by atoms with Crippen molar-refractivity contribution >= 4 is 17.2 Å². The zero-order valence-electron chi connectivity index (χ0n) is 14.1.